The third kappa shape index (κ3) is 4.13. The van der Waals surface area contributed by atoms with Crippen molar-refractivity contribution in [1.29, 1.82) is 0 Å². The van der Waals surface area contributed by atoms with Gasteiger partial charge in [-0.25, -0.2) is 4.98 Å². The summed E-state index contributed by atoms with van der Waals surface area (Å²) in [5.74, 6) is 0.242. The number of hydrogen-bond acceptors (Lipinski definition) is 5. The standard InChI is InChI=1S/C27H22ClNO4S/c1-32-27(34-13-12-26(30)31)21-5-3-2-4-19(21)16-33-25-11-8-18(14-22(25)27)23-10-7-17-6-9-20(28)15-24(17)29-23/h2-11,14-15H,12-13,16H2,1H3,(H,30,31). The zero-order valence-electron chi connectivity index (χ0n) is 18.5. The zero-order valence-corrected chi connectivity index (χ0v) is 20.0. The van der Waals surface area contributed by atoms with Crippen LogP contribution in [0.1, 0.15) is 23.1 Å². The molecule has 0 amide bonds. The Balaban J connectivity index is 1.66. The quantitative estimate of drug-likeness (QED) is 0.310. The molecule has 5 nitrogen and oxygen atoms in total. The molecule has 0 saturated carbocycles. The molecule has 2 heterocycles. The lowest BCUT2D eigenvalue weighted by Crippen LogP contribution is -2.27. The summed E-state index contributed by atoms with van der Waals surface area (Å²) < 4.78 is 12.4. The highest BCUT2D eigenvalue weighted by Crippen LogP contribution is 2.51. The summed E-state index contributed by atoms with van der Waals surface area (Å²) in [6.45, 7) is 0.403. The van der Waals surface area contributed by atoms with E-state index < -0.39 is 10.9 Å². The van der Waals surface area contributed by atoms with Crippen molar-refractivity contribution in [1.82, 2.24) is 4.98 Å². The van der Waals surface area contributed by atoms with Gasteiger partial charge in [0, 0.05) is 40.0 Å². The molecule has 1 N–H and O–H groups in total. The van der Waals surface area contributed by atoms with E-state index in [1.165, 1.54) is 11.8 Å². The molecule has 3 aromatic carbocycles. The van der Waals surface area contributed by atoms with Crippen LogP contribution < -0.4 is 4.74 Å². The van der Waals surface area contributed by atoms with Crippen molar-refractivity contribution >= 4 is 40.2 Å². The number of methoxy groups -OCH3 is 1. The highest BCUT2D eigenvalue weighted by Gasteiger charge is 2.41. The van der Waals surface area contributed by atoms with E-state index in [0.717, 1.165) is 38.9 Å². The van der Waals surface area contributed by atoms with Gasteiger partial charge in [0.05, 0.1) is 17.6 Å². The van der Waals surface area contributed by atoms with Gasteiger partial charge in [0.25, 0.3) is 0 Å². The molecule has 0 fully saturated rings. The summed E-state index contributed by atoms with van der Waals surface area (Å²) in [5.41, 5.74) is 5.32. The summed E-state index contributed by atoms with van der Waals surface area (Å²) in [6.07, 6.45) is 0.0286. The molecule has 5 rings (SSSR count). The normalized spacial score (nSPS) is 16.9. The fourth-order valence-electron chi connectivity index (χ4n) is 4.31. The van der Waals surface area contributed by atoms with Gasteiger partial charge in [-0.15, -0.1) is 11.8 Å². The Morgan fingerprint density at radius 3 is 2.76 bits per heavy atom. The molecule has 0 aliphatic carbocycles. The van der Waals surface area contributed by atoms with Crippen LogP contribution in [0.5, 0.6) is 5.75 Å². The molecule has 1 aromatic heterocycles. The number of fused-ring (bicyclic) bond motifs is 3. The van der Waals surface area contributed by atoms with Gasteiger partial charge < -0.3 is 14.6 Å². The van der Waals surface area contributed by atoms with E-state index in [1.54, 1.807) is 7.11 Å². The average Bonchev–Trinajstić information content (AvgIpc) is 2.98. The van der Waals surface area contributed by atoms with Gasteiger partial charge in [0.1, 0.15) is 12.4 Å². The lowest BCUT2D eigenvalue weighted by molar-refractivity contribution is -0.136. The molecule has 0 spiro atoms. The summed E-state index contributed by atoms with van der Waals surface area (Å²) >= 11 is 7.65. The molecule has 1 aliphatic rings. The van der Waals surface area contributed by atoms with Crippen molar-refractivity contribution in [2.24, 2.45) is 0 Å². The van der Waals surface area contributed by atoms with Crippen LogP contribution in [0.2, 0.25) is 5.02 Å². The van der Waals surface area contributed by atoms with Crippen molar-refractivity contribution < 1.29 is 19.4 Å². The first-order chi connectivity index (χ1) is 16.5. The fourth-order valence-corrected chi connectivity index (χ4v) is 5.83. The Morgan fingerprint density at radius 2 is 1.94 bits per heavy atom. The number of rotatable bonds is 6. The summed E-state index contributed by atoms with van der Waals surface area (Å²) in [7, 11) is 1.66. The van der Waals surface area contributed by atoms with Crippen LogP contribution in [0.4, 0.5) is 0 Å². The predicted octanol–water partition coefficient (Wildman–Crippen LogP) is 6.50. The molecule has 7 heteroatoms. The van der Waals surface area contributed by atoms with E-state index in [4.69, 9.17) is 26.1 Å². The molecule has 4 aromatic rings. The maximum atomic E-state index is 11.3. The minimum absolute atomic E-state index is 0.0286. The van der Waals surface area contributed by atoms with Crippen molar-refractivity contribution in [2.75, 3.05) is 12.9 Å². The molecule has 0 bridgehead atoms. The second kappa shape index (κ2) is 9.29. The minimum Gasteiger partial charge on any atom is -0.488 e. The number of halogens is 1. The number of pyridine rings is 1. The van der Waals surface area contributed by atoms with Gasteiger partial charge in [-0.3, -0.25) is 4.79 Å². The van der Waals surface area contributed by atoms with Crippen molar-refractivity contribution in [3.63, 3.8) is 0 Å². The van der Waals surface area contributed by atoms with E-state index in [-0.39, 0.29) is 6.42 Å². The number of aromatic nitrogens is 1. The van der Waals surface area contributed by atoms with Gasteiger partial charge in [0.2, 0.25) is 0 Å². The van der Waals surface area contributed by atoms with Crippen LogP contribution >= 0.6 is 23.4 Å². The van der Waals surface area contributed by atoms with Gasteiger partial charge in [-0.05, 0) is 42.0 Å². The number of benzene rings is 3. The first-order valence-corrected chi connectivity index (χ1v) is 12.2. The van der Waals surface area contributed by atoms with Crippen molar-refractivity contribution in [3.05, 3.63) is 94.5 Å². The topological polar surface area (TPSA) is 68.7 Å². The third-order valence-corrected chi connectivity index (χ3v) is 7.60. The van der Waals surface area contributed by atoms with Gasteiger partial charge >= 0.3 is 5.97 Å². The van der Waals surface area contributed by atoms with Crippen molar-refractivity contribution in [2.45, 2.75) is 18.0 Å². The summed E-state index contributed by atoms with van der Waals surface area (Å²) in [4.78, 5) is 15.2. The maximum absolute atomic E-state index is 11.3. The van der Waals surface area contributed by atoms with Crippen LogP contribution in [0.3, 0.4) is 0 Å². The van der Waals surface area contributed by atoms with Gasteiger partial charge in [-0.1, -0.05) is 48.0 Å². The Morgan fingerprint density at radius 1 is 1.12 bits per heavy atom. The largest absolute Gasteiger partial charge is 0.488 e. The van der Waals surface area contributed by atoms with Gasteiger partial charge in [0.15, 0.2) is 4.93 Å². The maximum Gasteiger partial charge on any atom is 0.304 e. The van der Waals surface area contributed by atoms with Crippen LogP contribution in [-0.2, 0) is 21.1 Å². The number of carboxylic acids is 1. The van der Waals surface area contributed by atoms with Crippen molar-refractivity contribution in [3.8, 4) is 17.0 Å². The first kappa shape index (κ1) is 22.7. The highest BCUT2D eigenvalue weighted by molar-refractivity contribution is 8.00. The Hall–Kier alpha value is -3.06. The van der Waals surface area contributed by atoms with E-state index >= 15 is 0 Å². The van der Waals surface area contributed by atoms with E-state index in [0.29, 0.717) is 23.1 Å². The second-order valence-electron chi connectivity index (χ2n) is 8.00. The van der Waals surface area contributed by atoms with E-state index in [1.807, 2.05) is 72.8 Å². The predicted molar refractivity (Wildman–Crippen MR) is 135 cm³/mol. The third-order valence-electron chi connectivity index (χ3n) is 5.95. The Labute approximate surface area is 206 Å². The number of nitrogens with zero attached hydrogens (tertiary/aromatic N) is 1. The lowest BCUT2D eigenvalue weighted by atomic mass is 9.94. The molecule has 172 valence electrons. The number of thioether (sulfide) groups is 1. The monoisotopic (exact) mass is 491 g/mol. The first-order valence-electron chi connectivity index (χ1n) is 10.8. The number of ether oxygens (including phenoxy) is 2. The molecule has 34 heavy (non-hydrogen) atoms. The average molecular weight is 492 g/mol. The Bertz CT molecular complexity index is 1390. The molecule has 0 radical (unpaired) electrons. The van der Waals surface area contributed by atoms with Crippen LogP contribution in [0.15, 0.2) is 72.8 Å². The molecular formula is C27H22ClNO4S. The SMILES string of the molecule is COC1(SCCC(=O)O)c2ccccc2COc2ccc(-c3ccc4ccc(Cl)cc4n3)cc21. The number of hydrogen-bond donors (Lipinski definition) is 1. The summed E-state index contributed by atoms with van der Waals surface area (Å²) in [5, 5.41) is 10.9. The molecule has 1 unspecified atom stereocenters. The fraction of sp³-hybridized carbons (Fsp3) is 0.185. The minimum atomic E-state index is -0.923. The molecule has 1 atom stereocenters. The van der Waals surface area contributed by atoms with Crippen LogP contribution in [0, 0.1) is 0 Å². The summed E-state index contributed by atoms with van der Waals surface area (Å²) in [6, 6.07) is 23.6. The van der Waals surface area contributed by atoms with Crippen LogP contribution in [-0.4, -0.2) is 28.9 Å². The molecule has 0 saturated heterocycles. The number of carboxylic acid groups (broad SMARTS) is 1. The van der Waals surface area contributed by atoms with Crippen LogP contribution in [0.25, 0.3) is 22.2 Å². The molecule has 1 aliphatic heterocycles. The smallest absolute Gasteiger partial charge is 0.304 e. The van der Waals surface area contributed by atoms with Gasteiger partial charge in [-0.2, -0.15) is 0 Å². The second-order valence-corrected chi connectivity index (χ2v) is 9.71. The molecular weight excluding hydrogens is 470 g/mol. The lowest BCUT2D eigenvalue weighted by Gasteiger charge is -2.33. The Kier molecular flexibility index (Phi) is 6.21. The van der Waals surface area contributed by atoms with E-state index in [9.17, 15) is 9.90 Å². The van der Waals surface area contributed by atoms with E-state index in [2.05, 4.69) is 0 Å². The highest BCUT2D eigenvalue weighted by atomic mass is 35.5. The number of aliphatic carboxylic acids is 1. The number of carbonyl (C=O) groups is 1. The zero-order chi connectivity index (χ0) is 23.7.